The number of aliphatic hydroxyl groups is 1. The van der Waals surface area contributed by atoms with Gasteiger partial charge in [-0.3, -0.25) is 9.57 Å². The predicted octanol–water partition coefficient (Wildman–Crippen LogP) is 5.65. The maximum absolute atomic E-state index is 13.0. The van der Waals surface area contributed by atoms with Crippen molar-refractivity contribution in [3.8, 4) is 0 Å². The zero-order chi connectivity index (χ0) is 31.6. The Hall–Kier alpha value is -1.43. The molecule has 0 unspecified atom stereocenters. The van der Waals surface area contributed by atoms with Crippen molar-refractivity contribution < 1.29 is 37.1 Å². The number of hydrogen-bond acceptors (Lipinski definition) is 6. The molecule has 0 saturated heterocycles. The summed E-state index contributed by atoms with van der Waals surface area (Å²) in [4.78, 5) is 19.6. The number of quaternary nitrogens is 1. The van der Waals surface area contributed by atoms with Crippen LogP contribution in [0, 0.1) is 40.4 Å². The summed E-state index contributed by atoms with van der Waals surface area (Å²) in [6.45, 7) is 8.12. The van der Waals surface area contributed by atoms with Crippen LogP contribution in [0.4, 0.5) is 18.0 Å². The first kappa shape index (κ1) is 34.4. The normalized spacial score (nSPS) is 36.5. The van der Waals surface area contributed by atoms with Crippen LogP contribution in [0.5, 0.6) is 0 Å². The number of hydrogen-bond donors (Lipinski definition) is 2. The van der Waals surface area contributed by atoms with Crippen LogP contribution >= 0.6 is 0 Å². The van der Waals surface area contributed by atoms with Gasteiger partial charge in [0.15, 0.2) is 0 Å². The number of alkyl halides is 3. The van der Waals surface area contributed by atoms with E-state index in [2.05, 4.69) is 50.2 Å². The number of carbonyl (C=O) groups is 1. The summed E-state index contributed by atoms with van der Waals surface area (Å²) in [7, 11) is 6.23. The fraction of sp³-hybridized carbons (Fsp3) is 0.938. The highest BCUT2D eigenvalue weighted by Gasteiger charge is 2.60. The van der Waals surface area contributed by atoms with Crippen molar-refractivity contribution in [2.45, 2.75) is 91.0 Å². The molecular formula is C32H56F3N4O4+. The van der Waals surface area contributed by atoms with Crippen LogP contribution in [0.15, 0.2) is 5.16 Å². The molecule has 0 spiro atoms. The van der Waals surface area contributed by atoms with Crippen LogP contribution < -0.4 is 5.32 Å². The quantitative estimate of drug-likeness (QED) is 0.103. The molecule has 4 rings (SSSR count). The summed E-state index contributed by atoms with van der Waals surface area (Å²) in [5, 5.41) is 17.9. The fourth-order valence-electron chi connectivity index (χ4n) is 9.47. The molecule has 43 heavy (non-hydrogen) atoms. The van der Waals surface area contributed by atoms with Crippen LogP contribution in [0.1, 0.15) is 78.6 Å². The van der Waals surface area contributed by atoms with E-state index in [1.807, 2.05) is 6.92 Å². The Kier molecular flexibility index (Phi) is 10.8. The van der Waals surface area contributed by atoms with Crippen molar-refractivity contribution in [3.63, 3.8) is 0 Å². The number of aliphatic hydroxyl groups excluding tert-OH is 1. The topological polar surface area (TPSA) is 83.4 Å². The Morgan fingerprint density at radius 2 is 1.70 bits per heavy atom. The molecule has 8 atom stereocenters. The molecule has 0 aromatic heterocycles. The molecule has 4 aliphatic carbocycles. The minimum Gasteiger partial charge on any atom is -0.393 e. The van der Waals surface area contributed by atoms with Crippen molar-refractivity contribution in [2.75, 3.05) is 60.5 Å². The van der Waals surface area contributed by atoms with Gasteiger partial charge >= 0.3 is 12.5 Å². The van der Waals surface area contributed by atoms with E-state index in [0.29, 0.717) is 42.2 Å². The van der Waals surface area contributed by atoms with E-state index in [0.717, 1.165) is 55.3 Å². The highest BCUT2D eigenvalue weighted by atomic mass is 19.4. The molecule has 248 valence electrons. The zero-order valence-corrected chi connectivity index (χ0v) is 27.2. The first-order valence-electron chi connectivity index (χ1n) is 16.4. The van der Waals surface area contributed by atoms with Gasteiger partial charge in [-0.2, -0.15) is 0 Å². The highest BCUT2D eigenvalue weighted by Crippen LogP contribution is 2.67. The summed E-state index contributed by atoms with van der Waals surface area (Å²) in [5.41, 5.74) is 1.21. The molecule has 11 heteroatoms. The third-order valence-electron chi connectivity index (χ3n) is 11.8. The van der Waals surface area contributed by atoms with Gasteiger partial charge < -0.3 is 19.8 Å². The van der Waals surface area contributed by atoms with Gasteiger partial charge in [0.25, 0.3) is 0 Å². The van der Waals surface area contributed by atoms with Crippen LogP contribution in [0.3, 0.4) is 0 Å². The molecule has 0 aliphatic heterocycles. The number of nitrogens with one attached hydrogen (secondary N) is 1. The van der Waals surface area contributed by atoms with Gasteiger partial charge in [0.2, 0.25) is 0 Å². The second-order valence-corrected chi connectivity index (χ2v) is 15.4. The summed E-state index contributed by atoms with van der Waals surface area (Å²) < 4.78 is 42.5. The number of nitrogens with zero attached hydrogens (tertiary/aromatic N) is 3. The second-order valence-electron chi connectivity index (χ2n) is 15.4. The van der Waals surface area contributed by atoms with E-state index in [9.17, 15) is 23.1 Å². The lowest BCUT2D eigenvalue weighted by atomic mass is 9.44. The largest absolute Gasteiger partial charge is 0.522 e. The van der Waals surface area contributed by atoms with Crippen molar-refractivity contribution in [2.24, 2.45) is 45.6 Å². The lowest BCUT2D eigenvalue weighted by Gasteiger charge is -2.61. The first-order valence-corrected chi connectivity index (χ1v) is 16.4. The van der Waals surface area contributed by atoms with Crippen molar-refractivity contribution >= 4 is 11.8 Å². The minimum atomic E-state index is -4.75. The summed E-state index contributed by atoms with van der Waals surface area (Å²) >= 11 is 0. The van der Waals surface area contributed by atoms with Gasteiger partial charge in [0.1, 0.15) is 0 Å². The highest BCUT2D eigenvalue weighted by molar-refractivity contribution is 5.85. The van der Waals surface area contributed by atoms with E-state index in [-0.39, 0.29) is 30.5 Å². The van der Waals surface area contributed by atoms with Crippen LogP contribution in [-0.2, 0) is 9.57 Å². The standard InChI is InChI=1S/C32H56F3N4O4/c1-22(37-43-29(41)38(18-20-42-32(33,34)35)17-15-36-16-19-39(4,5)6)26-9-10-27-25-8-7-23-21-24(40)11-13-30(23,2)28(25)12-14-31(26,27)3/h23-28,36,40H,7-21H2,1-6H3/q+1/b37-22+/t23-,24+,25-,26+,27-,28-,30-,31+/m0/s1. The van der Waals surface area contributed by atoms with Gasteiger partial charge in [0.05, 0.1) is 46.1 Å². The van der Waals surface area contributed by atoms with Crippen molar-refractivity contribution in [1.82, 2.24) is 10.2 Å². The second kappa shape index (κ2) is 13.5. The van der Waals surface area contributed by atoms with E-state index in [1.54, 1.807) is 0 Å². The molecule has 2 N–H and O–H groups in total. The molecule has 4 saturated carbocycles. The predicted molar refractivity (Wildman–Crippen MR) is 160 cm³/mol. The average molecular weight is 618 g/mol. The van der Waals surface area contributed by atoms with E-state index in [1.165, 1.54) is 24.2 Å². The molecule has 0 bridgehead atoms. The number of fused-ring (bicyclic) bond motifs is 5. The maximum Gasteiger partial charge on any atom is 0.522 e. The van der Waals surface area contributed by atoms with Gasteiger partial charge in [0, 0.05) is 32.1 Å². The molecule has 4 fully saturated rings. The number of oxime groups is 1. The Labute approximate surface area is 256 Å². The maximum atomic E-state index is 13.0. The first-order chi connectivity index (χ1) is 20.0. The monoisotopic (exact) mass is 617 g/mol. The fourth-order valence-corrected chi connectivity index (χ4v) is 9.47. The van der Waals surface area contributed by atoms with Crippen LogP contribution in [-0.4, -0.2) is 99.2 Å². The van der Waals surface area contributed by atoms with Crippen molar-refractivity contribution in [3.05, 3.63) is 0 Å². The number of carbonyl (C=O) groups excluding carboxylic acids is 1. The van der Waals surface area contributed by atoms with E-state index in [4.69, 9.17) is 4.84 Å². The van der Waals surface area contributed by atoms with Gasteiger partial charge in [-0.1, -0.05) is 19.0 Å². The van der Waals surface area contributed by atoms with Crippen LogP contribution in [0.2, 0.25) is 0 Å². The number of rotatable bonds is 11. The third-order valence-corrected chi connectivity index (χ3v) is 11.8. The third kappa shape index (κ3) is 8.24. The lowest BCUT2D eigenvalue weighted by Crippen LogP contribution is -2.54. The molecule has 0 aromatic rings. The molecule has 0 radical (unpaired) electrons. The van der Waals surface area contributed by atoms with Crippen molar-refractivity contribution in [1.29, 1.82) is 0 Å². The summed E-state index contributed by atoms with van der Waals surface area (Å²) in [6.07, 6.45) is 4.24. The SMILES string of the molecule is C/C(=N\OC(=O)N(CCNCC[N+](C)(C)C)CCOC(F)(F)F)[C@H]1CC[C@H]2[C@@H]3CC[C@H]4C[C@H](O)CC[C@]4(C)[C@H]3CC[C@]12C. The smallest absolute Gasteiger partial charge is 0.393 e. The van der Waals surface area contributed by atoms with E-state index >= 15 is 0 Å². The zero-order valence-electron chi connectivity index (χ0n) is 27.2. The number of halogens is 3. The van der Waals surface area contributed by atoms with Gasteiger partial charge in [-0.15, -0.1) is 13.2 Å². The Bertz CT molecular complexity index is 989. The van der Waals surface area contributed by atoms with Crippen LogP contribution in [0.25, 0.3) is 0 Å². The average Bonchev–Trinajstić information content (AvgIpc) is 3.27. The van der Waals surface area contributed by atoms with Gasteiger partial charge in [-0.25, -0.2) is 4.79 Å². The number of likely N-dealkylation sites (N-methyl/N-ethyl adjacent to an activating group) is 1. The summed E-state index contributed by atoms with van der Waals surface area (Å²) in [6, 6.07) is 0. The lowest BCUT2D eigenvalue weighted by molar-refractivity contribution is -0.869. The molecule has 4 aliphatic rings. The van der Waals surface area contributed by atoms with Gasteiger partial charge in [-0.05, 0) is 99.2 Å². The molecular weight excluding hydrogens is 561 g/mol. The molecule has 0 heterocycles. The van der Waals surface area contributed by atoms with E-state index < -0.39 is 19.1 Å². The number of ether oxygens (including phenoxy) is 1. The minimum absolute atomic E-state index is 0.0915. The molecule has 1 amide bonds. The Balaban J connectivity index is 1.36. The summed E-state index contributed by atoms with van der Waals surface area (Å²) in [5.74, 6) is 2.83. The Morgan fingerprint density at radius 3 is 2.40 bits per heavy atom. The Morgan fingerprint density at radius 1 is 1.00 bits per heavy atom. The molecule has 0 aromatic carbocycles. The number of amides is 1. The molecule has 8 nitrogen and oxygen atoms in total.